The molecule has 2 rings (SSSR count). The summed E-state index contributed by atoms with van der Waals surface area (Å²) in [6.07, 6.45) is 2.22. The molecule has 1 heterocycles. The van der Waals surface area contributed by atoms with Crippen molar-refractivity contribution in [1.29, 1.82) is 0 Å². The predicted molar refractivity (Wildman–Crippen MR) is 81.3 cm³/mol. The molecule has 0 aliphatic heterocycles. The van der Waals surface area contributed by atoms with Gasteiger partial charge in [-0.2, -0.15) is 0 Å². The Hall–Kier alpha value is -2.63. The molecule has 21 heavy (non-hydrogen) atoms. The Morgan fingerprint density at radius 1 is 1.38 bits per heavy atom. The van der Waals surface area contributed by atoms with Crippen LogP contribution in [0.15, 0.2) is 52.6 Å². The molecule has 0 radical (unpaired) electrons. The Balaban J connectivity index is 1.76. The van der Waals surface area contributed by atoms with Crippen molar-refractivity contribution in [2.75, 3.05) is 18.5 Å². The number of anilines is 1. The van der Waals surface area contributed by atoms with Gasteiger partial charge in [0, 0.05) is 6.54 Å². The maximum Gasteiger partial charge on any atom is 0.315 e. The maximum atomic E-state index is 5.37. The molecule has 0 bridgehead atoms. The van der Waals surface area contributed by atoms with Gasteiger partial charge in [0.2, 0.25) is 5.89 Å². The minimum atomic E-state index is 0.382. The summed E-state index contributed by atoms with van der Waals surface area (Å²) in [6, 6.07) is 10.2. The number of benzene rings is 1. The molecule has 0 aliphatic carbocycles. The zero-order valence-electron chi connectivity index (χ0n) is 12.0. The van der Waals surface area contributed by atoms with E-state index in [1.54, 1.807) is 6.08 Å². The van der Waals surface area contributed by atoms with Crippen molar-refractivity contribution >= 4 is 11.7 Å². The van der Waals surface area contributed by atoms with Crippen LogP contribution in [0.5, 0.6) is 0 Å². The van der Waals surface area contributed by atoms with Crippen LogP contribution < -0.4 is 5.32 Å². The van der Waals surface area contributed by atoms with Crippen LogP contribution in [0.4, 0.5) is 6.01 Å². The van der Waals surface area contributed by atoms with Crippen LogP contribution in [0.1, 0.15) is 18.4 Å². The van der Waals surface area contributed by atoms with Crippen LogP contribution in [-0.4, -0.2) is 29.1 Å². The van der Waals surface area contributed by atoms with Crippen LogP contribution in [0, 0.1) is 0 Å². The first kappa shape index (κ1) is 14.8. The van der Waals surface area contributed by atoms with Crippen molar-refractivity contribution in [3.63, 3.8) is 0 Å². The van der Waals surface area contributed by atoms with E-state index in [4.69, 9.17) is 9.25 Å². The molecule has 1 N–H and O–H groups in total. The van der Waals surface area contributed by atoms with E-state index in [-0.39, 0.29) is 0 Å². The SMILES string of the molecule is C=CCNc1nnc(CCO/N=C(\C)c2ccccc2)o1. The highest BCUT2D eigenvalue weighted by Crippen LogP contribution is 2.06. The molecule has 110 valence electrons. The summed E-state index contributed by atoms with van der Waals surface area (Å²) in [6.45, 7) is 6.46. The summed E-state index contributed by atoms with van der Waals surface area (Å²) in [5.41, 5.74) is 1.86. The lowest BCUT2D eigenvalue weighted by molar-refractivity contribution is 0.143. The normalized spacial score (nSPS) is 11.2. The number of hydrogen-bond donors (Lipinski definition) is 1. The molecular weight excluding hydrogens is 268 g/mol. The quantitative estimate of drug-likeness (QED) is 0.349. The molecule has 0 amide bonds. The summed E-state index contributed by atoms with van der Waals surface area (Å²) >= 11 is 0. The summed E-state index contributed by atoms with van der Waals surface area (Å²) in [5, 5.41) is 14.7. The third-order valence-corrected chi connectivity index (χ3v) is 2.66. The largest absolute Gasteiger partial charge is 0.408 e. The van der Waals surface area contributed by atoms with Gasteiger partial charge in [0.15, 0.2) is 0 Å². The molecule has 1 aromatic heterocycles. The lowest BCUT2D eigenvalue weighted by Crippen LogP contribution is -1.99. The summed E-state index contributed by atoms with van der Waals surface area (Å²) in [4.78, 5) is 5.27. The van der Waals surface area contributed by atoms with Gasteiger partial charge in [0.1, 0.15) is 6.61 Å². The van der Waals surface area contributed by atoms with Gasteiger partial charge in [-0.15, -0.1) is 11.7 Å². The van der Waals surface area contributed by atoms with Crippen molar-refractivity contribution < 1.29 is 9.25 Å². The van der Waals surface area contributed by atoms with E-state index in [0.717, 1.165) is 11.3 Å². The molecule has 0 spiro atoms. The average molecular weight is 286 g/mol. The molecule has 0 fully saturated rings. The molecular formula is C15H18N4O2. The van der Waals surface area contributed by atoms with Crippen molar-refractivity contribution in [3.8, 4) is 0 Å². The number of nitrogens with zero attached hydrogens (tertiary/aromatic N) is 3. The first-order valence-corrected chi connectivity index (χ1v) is 6.68. The van der Waals surface area contributed by atoms with Crippen LogP contribution in [0.2, 0.25) is 0 Å². The first-order valence-electron chi connectivity index (χ1n) is 6.68. The Morgan fingerprint density at radius 3 is 2.95 bits per heavy atom. The van der Waals surface area contributed by atoms with E-state index in [1.165, 1.54) is 0 Å². The lowest BCUT2D eigenvalue weighted by atomic mass is 10.1. The van der Waals surface area contributed by atoms with Gasteiger partial charge < -0.3 is 14.6 Å². The van der Waals surface area contributed by atoms with E-state index in [0.29, 0.717) is 31.5 Å². The Labute approximate surface area is 123 Å². The second-order valence-electron chi connectivity index (χ2n) is 4.30. The first-order chi connectivity index (χ1) is 10.3. The minimum Gasteiger partial charge on any atom is -0.408 e. The standard InChI is InChI=1S/C15H18N4O2/c1-3-10-16-15-18-17-14(21-15)9-11-20-19-12(2)13-7-5-4-6-8-13/h3-8H,1,9-11H2,2H3,(H,16,18)/b19-12+. The number of aromatic nitrogens is 2. The van der Waals surface area contributed by atoms with Gasteiger partial charge in [-0.1, -0.05) is 46.7 Å². The second-order valence-corrected chi connectivity index (χ2v) is 4.30. The molecule has 0 aliphatic rings. The van der Waals surface area contributed by atoms with Crippen molar-refractivity contribution in [2.45, 2.75) is 13.3 Å². The van der Waals surface area contributed by atoms with Gasteiger partial charge in [0.05, 0.1) is 12.1 Å². The fraction of sp³-hybridized carbons (Fsp3) is 0.267. The smallest absolute Gasteiger partial charge is 0.315 e. The fourth-order valence-electron chi connectivity index (χ4n) is 1.59. The number of oxime groups is 1. The summed E-state index contributed by atoms with van der Waals surface area (Å²) in [7, 11) is 0. The highest BCUT2D eigenvalue weighted by molar-refractivity contribution is 5.98. The maximum absolute atomic E-state index is 5.37. The molecule has 0 saturated carbocycles. The second kappa shape index (κ2) is 7.84. The van der Waals surface area contributed by atoms with Crippen LogP contribution in [-0.2, 0) is 11.3 Å². The monoisotopic (exact) mass is 286 g/mol. The fourth-order valence-corrected chi connectivity index (χ4v) is 1.59. The number of nitrogens with one attached hydrogen (secondary N) is 1. The molecule has 0 atom stereocenters. The molecule has 2 aromatic rings. The topological polar surface area (TPSA) is 72.5 Å². The van der Waals surface area contributed by atoms with Gasteiger partial charge in [0.25, 0.3) is 0 Å². The lowest BCUT2D eigenvalue weighted by Gasteiger charge is -2.01. The third kappa shape index (κ3) is 4.76. The Bertz CT molecular complexity index is 593. The molecule has 0 unspecified atom stereocenters. The van der Waals surface area contributed by atoms with Gasteiger partial charge in [-0.05, 0) is 12.5 Å². The molecule has 1 aromatic carbocycles. The average Bonchev–Trinajstić information content (AvgIpc) is 2.98. The molecule has 0 saturated heterocycles. The van der Waals surface area contributed by atoms with E-state index < -0.39 is 0 Å². The van der Waals surface area contributed by atoms with Crippen LogP contribution >= 0.6 is 0 Å². The molecule has 6 nitrogen and oxygen atoms in total. The van der Waals surface area contributed by atoms with Crippen molar-refractivity contribution in [2.24, 2.45) is 5.16 Å². The van der Waals surface area contributed by atoms with E-state index in [2.05, 4.69) is 27.2 Å². The van der Waals surface area contributed by atoms with Crippen LogP contribution in [0.25, 0.3) is 0 Å². The number of rotatable bonds is 8. The van der Waals surface area contributed by atoms with E-state index in [9.17, 15) is 0 Å². The Morgan fingerprint density at radius 2 is 2.19 bits per heavy atom. The summed E-state index contributed by atoms with van der Waals surface area (Å²) in [5.74, 6) is 0.508. The van der Waals surface area contributed by atoms with Crippen LogP contribution in [0.3, 0.4) is 0 Å². The zero-order valence-corrected chi connectivity index (χ0v) is 12.0. The zero-order chi connectivity index (χ0) is 14.9. The Kier molecular flexibility index (Phi) is 5.51. The molecule has 6 heteroatoms. The van der Waals surface area contributed by atoms with Crippen molar-refractivity contribution in [3.05, 3.63) is 54.4 Å². The number of hydrogen-bond acceptors (Lipinski definition) is 6. The highest BCUT2D eigenvalue weighted by atomic mass is 16.6. The van der Waals surface area contributed by atoms with Gasteiger partial charge in [-0.3, -0.25) is 0 Å². The van der Waals surface area contributed by atoms with E-state index in [1.807, 2.05) is 37.3 Å². The minimum absolute atomic E-state index is 0.382. The van der Waals surface area contributed by atoms with Crippen molar-refractivity contribution in [1.82, 2.24) is 10.2 Å². The van der Waals surface area contributed by atoms with E-state index >= 15 is 0 Å². The highest BCUT2D eigenvalue weighted by Gasteiger charge is 2.05. The third-order valence-electron chi connectivity index (χ3n) is 2.66. The predicted octanol–water partition coefficient (Wildman–Crippen LogP) is 2.65. The van der Waals surface area contributed by atoms with Gasteiger partial charge >= 0.3 is 6.01 Å². The van der Waals surface area contributed by atoms with Gasteiger partial charge in [-0.25, -0.2) is 0 Å². The summed E-state index contributed by atoms with van der Waals surface area (Å²) < 4.78 is 5.37.